The zero-order chi connectivity index (χ0) is 11.9. The lowest BCUT2D eigenvalue weighted by molar-refractivity contribution is 0.602. The second kappa shape index (κ2) is 3.58. The Hall–Kier alpha value is -2.34. The molecule has 0 N–H and O–H groups in total. The zero-order valence-electron chi connectivity index (χ0n) is 9.07. The maximum atomic E-state index is 5.39. The van der Waals surface area contributed by atoms with Crippen LogP contribution in [0.1, 0.15) is 0 Å². The maximum absolute atomic E-state index is 5.39. The number of nitrogens with zero attached hydrogens (tertiary/aromatic N) is 4. The molecule has 4 aromatic heterocycles. The van der Waals surface area contributed by atoms with Gasteiger partial charge in [0.15, 0.2) is 12.0 Å². The molecule has 5 nitrogen and oxygen atoms in total. The Balaban J connectivity index is 2.13. The first-order chi connectivity index (χ1) is 8.93. The molecule has 18 heavy (non-hydrogen) atoms. The van der Waals surface area contributed by atoms with Gasteiger partial charge in [0.2, 0.25) is 0 Å². The first kappa shape index (κ1) is 9.67. The number of aromatic nitrogens is 4. The van der Waals surface area contributed by atoms with Crippen LogP contribution in [0.3, 0.4) is 0 Å². The Morgan fingerprint density at radius 3 is 2.83 bits per heavy atom. The summed E-state index contributed by atoms with van der Waals surface area (Å²) in [4.78, 5) is 17.2. The number of oxazole rings is 1. The van der Waals surface area contributed by atoms with Gasteiger partial charge in [0, 0.05) is 12.4 Å². The Morgan fingerprint density at radius 1 is 0.944 bits per heavy atom. The lowest BCUT2D eigenvalue weighted by atomic mass is 10.2. The minimum atomic E-state index is 0.644. The van der Waals surface area contributed by atoms with Crippen LogP contribution in [0.2, 0.25) is 0 Å². The van der Waals surface area contributed by atoms with Crippen LogP contribution in [-0.2, 0) is 0 Å². The second-order valence-electron chi connectivity index (χ2n) is 3.72. The van der Waals surface area contributed by atoms with Gasteiger partial charge in [-0.25, -0.2) is 9.97 Å². The van der Waals surface area contributed by atoms with Gasteiger partial charge in [0.1, 0.15) is 22.4 Å². The molecule has 0 aliphatic heterocycles. The van der Waals surface area contributed by atoms with E-state index >= 15 is 0 Å². The molecule has 0 spiro atoms. The van der Waals surface area contributed by atoms with Gasteiger partial charge in [-0.15, -0.1) is 11.3 Å². The summed E-state index contributed by atoms with van der Waals surface area (Å²) in [5, 5.41) is 0. The summed E-state index contributed by atoms with van der Waals surface area (Å²) in [6, 6.07) is 3.75. The van der Waals surface area contributed by atoms with Gasteiger partial charge in [-0.3, -0.25) is 9.97 Å². The van der Waals surface area contributed by atoms with Gasteiger partial charge in [-0.05, 0) is 12.1 Å². The molecule has 6 heteroatoms. The van der Waals surface area contributed by atoms with E-state index in [1.54, 1.807) is 29.2 Å². The van der Waals surface area contributed by atoms with Gasteiger partial charge in [-0.1, -0.05) is 0 Å². The van der Waals surface area contributed by atoms with Crippen molar-refractivity contribution < 1.29 is 4.42 Å². The Labute approximate surface area is 105 Å². The van der Waals surface area contributed by atoms with Crippen molar-refractivity contribution in [3.63, 3.8) is 0 Å². The number of pyridine rings is 2. The molecule has 0 saturated heterocycles. The number of rotatable bonds is 1. The van der Waals surface area contributed by atoms with Crippen LogP contribution >= 0.6 is 11.3 Å². The average molecular weight is 254 g/mol. The number of fused-ring (bicyclic) bond motifs is 2. The van der Waals surface area contributed by atoms with E-state index in [1.165, 1.54) is 6.39 Å². The molecule has 0 aliphatic carbocycles. The first-order valence-corrected chi connectivity index (χ1v) is 6.18. The third kappa shape index (κ3) is 1.26. The monoisotopic (exact) mass is 254 g/mol. The van der Waals surface area contributed by atoms with Crippen LogP contribution < -0.4 is 0 Å². The summed E-state index contributed by atoms with van der Waals surface area (Å²) < 4.78 is 6.47. The van der Waals surface area contributed by atoms with Crippen molar-refractivity contribution in [3.8, 4) is 11.4 Å². The Morgan fingerprint density at radius 2 is 1.83 bits per heavy atom. The summed E-state index contributed by atoms with van der Waals surface area (Å²) in [7, 11) is 0. The van der Waals surface area contributed by atoms with E-state index in [0.29, 0.717) is 11.3 Å². The van der Waals surface area contributed by atoms with E-state index in [9.17, 15) is 0 Å². The van der Waals surface area contributed by atoms with E-state index in [-0.39, 0.29) is 0 Å². The van der Waals surface area contributed by atoms with Gasteiger partial charge < -0.3 is 4.42 Å². The van der Waals surface area contributed by atoms with E-state index < -0.39 is 0 Å². The molecule has 4 rings (SSSR count). The predicted molar refractivity (Wildman–Crippen MR) is 68.2 cm³/mol. The highest BCUT2D eigenvalue weighted by atomic mass is 32.1. The van der Waals surface area contributed by atoms with Crippen LogP contribution in [-0.4, -0.2) is 19.9 Å². The van der Waals surface area contributed by atoms with Crippen LogP contribution in [0, 0.1) is 0 Å². The van der Waals surface area contributed by atoms with Crippen LogP contribution in [0.4, 0.5) is 0 Å². The van der Waals surface area contributed by atoms with E-state index in [1.807, 2.05) is 12.1 Å². The summed E-state index contributed by atoms with van der Waals surface area (Å²) in [6.07, 6.45) is 4.87. The number of thiazole rings is 1. The van der Waals surface area contributed by atoms with E-state index in [0.717, 1.165) is 21.4 Å². The summed E-state index contributed by atoms with van der Waals surface area (Å²) in [6.45, 7) is 0. The molecule has 4 aromatic rings. The highest BCUT2D eigenvalue weighted by Crippen LogP contribution is 2.30. The topological polar surface area (TPSA) is 64.7 Å². The Bertz CT molecular complexity index is 779. The summed E-state index contributed by atoms with van der Waals surface area (Å²) in [5.74, 6) is 0. The standard InChI is InChI=1S/C12H6N4OS/c1-3-14-11(12-7(1)15-5-17-12)10-9-8(2-4-13-10)18-6-16-9/h1-6H. The Kier molecular flexibility index (Phi) is 1.92. The number of hydrogen-bond donors (Lipinski definition) is 0. The predicted octanol–water partition coefficient (Wildman–Crippen LogP) is 2.89. The molecule has 0 atom stereocenters. The molecule has 0 bridgehead atoms. The van der Waals surface area contributed by atoms with E-state index in [4.69, 9.17) is 4.42 Å². The van der Waals surface area contributed by atoms with Gasteiger partial charge in [-0.2, -0.15) is 0 Å². The van der Waals surface area contributed by atoms with E-state index in [2.05, 4.69) is 19.9 Å². The molecule has 0 saturated carbocycles. The smallest absolute Gasteiger partial charge is 0.182 e. The molecule has 0 radical (unpaired) electrons. The lowest BCUT2D eigenvalue weighted by Crippen LogP contribution is -1.89. The second-order valence-corrected chi connectivity index (χ2v) is 4.61. The van der Waals surface area contributed by atoms with Crippen molar-refractivity contribution in [1.29, 1.82) is 0 Å². The van der Waals surface area contributed by atoms with Crippen molar-refractivity contribution in [2.45, 2.75) is 0 Å². The maximum Gasteiger partial charge on any atom is 0.182 e. The quantitative estimate of drug-likeness (QED) is 0.522. The van der Waals surface area contributed by atoms with Crippen LogP contribution in [0.5, 0.6) is 0 Å². The van der Waals surface area contributed by atoms with Gasteiger partial charge in [0.05, 0.1) is 10.2 Å². The number of hydrogen-bond acceptors (Lipinski definition) is 6. The first-order valence-electron chi connectivity index (χ1n) is 5.30. The summed E-state index contributed by atoms with van der Waals surface area (Å²) >= 11 is 1.58. The minimum absolute atomic E-state index is 0.644. The molecular weight excluding hydrogens is 248 g/mol. The van der Waals surface area contributed by atoms with Gasteiger partial charge >= 0.3 is 0 Å². The van der Waals surface area contributed by atoms with Crippen molar-refractivity contribution in [3.05, 3.63) is 36.4 Å². The van der Waals surface area contributed by atoms with Gasteiger partial charge in [0.25, 0.3) is 0 Å². The highest BCUT2D eigenvalue weighted by molar-refractivity contribution is 7.16. The SMILES string of the molecule is c1cc2scnc2c(-c2nccc3ncoc23)n1. The van der Waals surface area contributed by atoms with Crippen LogP contribution in [0.15, 0.2) is 40.8 Å². The lowest BCUT2D eigenvalue weighted by Gasteiger charge is -2.00. The summed E-state index contributed by atoms with van der Waals surface area (Å²) in [5.41, 5.74) is 5.48. The zero-order valence-corrected chi connectivity index (χ0v) is 9.89. The van der Waals surface area contributed by atoms with Crippen molar-refractivity contribution >= 4 is 32.7 Å². The van der Waals surface area contributed by atoms with Crippen molar-refractivity contribution in [2.75, 3.05) is 0 Å². The van der Waals surface area contributed by atoms with Crippen molar-refractivity contribution in [1.82, 2.24) is 19.9 Å². The third-order valence-corrected chi connectivity index (χ3v) is 3.51. The molecule has 0 unspecified atom stereocenters. The fourth-order valence-corrected chi connectivity index (χ4v) is 2.60. The largest absolute Gasteiger partial charge is 0.441 e. The molecule has 0 aromatic carbocycles. The fraction of sp³-hybridized carbons (Fsp3) is 0. The van der Waals surface area contributed by atoms with Crippen LogP contribution in [0.25, 0.3) is 32.7 Å². The molecule has 0 aliphatic rings. The minimum Gasteiger partial charge on any atom is -0.441 e. The highest BCUT2D eigenvalue weighted by Gasteiger charge is 2.14. The fourth-order valence-electron chi connectivity index (χ4n) is 1.93. The van der Waals surface area contributed by atoms with Crippen molar-refractivity contribution in [2.24, 2.45) is 0 Å². The molecule has 0 amide bonds. The average Bonchev–Trinajstić information content (AvgIpc) is 3.06. The molecule has 0 fully saturated rings. The normalized spacial score (nSPS) is 11.3. The third-order valence-electron chi connectivity index (χ3n) is 2.72. The molecular formula is C12H6N4OS. The molecule has 4 heterocycles. The molecule has 86 valence electrons.